The molecule has 1 aromatic heterocycles. The van der Waals surface area contributed by atoms with Crippen molar-refractivity contribution in [2.75, 3.05) is 18.0 Å². The van der Waals surface area contributed by atoms with Gasteiger partial charge in [0.2, 0.25) is 0 Å². The number of amides is 1. The van der Waals surface area contributed by atoms with Crippen LogP contribution >= 0.6 is 11.6 Å². The summed E-state index contributed by atoms with van der Waals surface area (Å²) in [7, 11) is 0. The highest BCUT2D eigenvalue weighted by Crippen LogP contribution is 2.17. The van der Waals surface area contributed by atoms with Crippen LogP contribution in [-0.2, 0) is 6.54 Å². The van der Waals surface area contributed by atoms with Crippen molar-refractivity contribution < 1.29 is 4.79 Å². The Morgan fingerprint density at radius 3 is 2.50 bits per heavy atom. The highest BCUT2D eigenvalue weighted by molar-refractivity contribution is 6.30. The van der Waals surface area contributed by atoms with Gasteiger partial charge >= 0.3 is 0 Å². The zero-order chi connectivity index (χ0) is 15.4. The average Bonchev–Trinajstić information content (AvgIpc) is 3.08. The molecule has 2 heterocycles. The lowest BCUT2D eigenvalue weighted by Gasteiger charge is -2.16. The number of nitrogens with zero attached hydrogens (tertiary/aromatic N) is 2. The summed E-state index contributed by atoms with van der Waals surface area (Å²) in [6.45, 7) is 2.63. The van der Waals surface area contributed by atoms with Crippen molar-refractivity contribution in [2.24, 2.45) is 0 Å². The second-order valence-corrected chi connectivity index (χ2v) is 5.84. The van der Waals surface area contributed by atoms with Gasteiger partial charge in [-0.15, -0.1) is 0 Å². The first-order valence-electron chi connectivity index (χ1n) is 7.46. The lowest BCUT2D eigenvalue weighted by Crippen LogP contribution is -2.23. The van der Waals surface area contributed by atoms with Crippen LogP contribution in [0.5, 0.6) is 0 Å². The van der Waals surface area contributed by atoms with E-state index in [-0.39, 0.29) is 5.91 Å². The fourth-order valence-electron chi connectivity index (χ4n) is 2.54. The number of carbonyl (C=O) groups excluding carboxylic acids is 1. The van der Waals surface area contributed by atoms with Gasteiger partial charge < -0.3 is 10.2 Å². The summed E-state index contributed by atoms with van der Waals surface area (Å²) in [6, 6.07) is 10.9. The van der Waals surface area contributed by atoms with Crippen molar-refractivity contribution in [1.29, 1.82) is 0 Å². The van der Waals surface area contributed by atoms with Gasteiger partial charge in [-0.1, -0.05) is 17.7 Å². The Balaban J connectivity index is 1.56. The molecule has 4 nitrogen and oxygen atoms in total. The van der Waals surface area contributed by atoms with E-state index in [9.17, 15) is 4.79 Å². The third-order valence-electron chi connectivity index (χ3n) is 3.80. The van der Waals surface area contributed by atoms with Gasteiger partial charge in [-0.05, 0) is 48.7 Å². The molecule has 5 heteroatoms. The Bertz CT molecular complexity index is 634. The van der Waals surface area contributed by atoms with E-state index in [0.717, 1.165) is 24.5 Å². The summed E-state index contributed by atoms with van der Waals surface area (Å²) in [5, 5.41) is 3.51. The first-order valence-corrected chi connectivity index (χ1v) is 7.84. The molecule has 1 amide bonds. The monoisotopic (exact) mass is 315 g/mol. The maximum absolute atomic E-state index is 12.0. The van der Waals surface area contributed by atoms with Gasteiger partial charge in [0.1, 0.15) is 5.82 Å². The molecule has 3 rings (SSSR count). The number of halogens is 1. The Morgan fingerprint density at radius 2 is 1.86 bits per heavy atom. The smallest absolute Gasteiger partial charge is 0.251 e. The Hall–Kier alpha value is -2.07. The van der Waals surface area contributed by atoms with Crippen molar-refractivity contribution in [3.8, 4) is 0 Å². The van der Waals surface area contributed by atoms with Crippen LogP contribution in [-0.4, -0.2) is 24.0 Å². The summed E-state index contributed by atoms with van der Waals surface area (Å²) >= 11 is 5.81. The predicted molar refractivity (Wildman–Crippen MR) is 88.3 cm³/mol. The van der Waals surface area contributed by atoms with Crippen LogP contribution in [0.3, 0.4) is 0 Å². The van der Waals surface area contributed by atoms with E-state index >= 15 is 0 Å². The number of benzene rings is 1. The zero-order valence-electron chi connectivity index (χ0n) is 12.3. The maximum atomic E-state index is 12.0. The molecule has 0 spiro atoms. The first kappa shape index (κ1) is 14.9. The molecule has 1 saturated heterocycles. The number of nitrogens with one attached hydrogen (secondary N) is 1. The van der Waals surface area contributed by atoms with E-state index in [1.54, 1.807) is 24.3 Å². The fraction of sp³-hybridized carbons (Fsp3) is 0.294. The van der Waals surface area contributed by atoms with E-state index in [1.807, 2.05) is 18.3 Å². The fourth-order valence-corrected chi connectivity index (χ4v) is 2.67. The van der Waals surface area contributed by atoms with Crippen molar-refractivity contribution in [3.05, 3.63) is 58.7 Å². The quantitative estimate of drug-likeness (QED) is 0.942. The third kappa shape index (κ3) is 3.57. The molecule has 1 aromatic carbocycles. The Morgan fingerprint density at radius 1 is 1.14 bits per heavy atom. The van der Waals surface area contributed by atoms with Gasteiger partial charge in [-0.25, -0.2) is 4.98 Å². The van der Waals surface area contributed by atoms with Crippen LogP contribution in [0, 0.1) is 0 Å². The summed E-state index contributed by atoms with van der Waals surface area (Å²) in [4.78, 5) is 18.8. The van der Waals surface area contributed by atoms with Crippen LogP contribution in [0.25, 0.3) is 0 Å². The molecule has 0 bridgehead atoms. The molecule has 0 atom stereocenters. The average molecular weight is 316 g/mol. The molecule has 1 fully saturated rings. The molecule has 0 aliphatic carbocycles. The lowest BCUT2D eigenvalue weighted by atomic mass is 10.2. The van der Waals surface area contributed by atoms with Crippen molar-refractivity contribution in [2.45, 2.75) is 19.4 Å². The van der Waals surface area contributed by atoms with Gasteiger partial charge in [0.25, 0.3) is 5.91 Å². The van der Waals surface area contributed by atoms with E-state index in [4.69, 9.17) is 11.6 Å². The van der Waals surface area contributed by atoms with Crippen molar-refractivity contribution >= 4 is 23.3 Å². The highest BCUT2D eigenvalue weighted by Gasteiger charge is 2.13. The molecule has 0 radical (unpaired) electrons. The largest absolute Gasteiger partial charge is 0.357 e. The minimum Gasteiger partial charge on any atom is -0.357 e. The van der Waals surface area contributed by atoms with Gasteiger partial charge in [0.05, 0.1) is 0 Å². The second-order valence-electron chi connectivity index (χ2n) is 5.41. The van der Waals surface area contributed by atoms with Crippen LogP contribution in [0.2, 0.25) is 5.02 Å². The molecule has 1 aliphatic rings. The number of pyridine rings is 1. The topological polar surface area (TPSA) is 45.2 Å². The molecule has 1 aliphatic heterocycles. The Labute approximate surface area is 135 Å². The van der Waals surface area contributed by atoms with Crippen LogP contribution in [0.4, 0.5) is 5.82 Å². The van der Waals surface area contributed by atoms with Crippen LogP contribution in [0.15, 0.2) is 42.6 Å². The first-order chi connectivity index (χ1) is 10.7. The van der Waals surface area contributed by atoms with Crippen molar-refractivity contribution in [1.82, 2.24) is 10.3 Å². The number of carbonyl (C=O) groups is 1. The summed E-state index contributed by atoms with van der Waals surface area (Å²) in [6.07, 6.45) is 4.30. The normalized spacial score (nSPS) is 14.1. The molecular weight excluding hydrogens is 298 g/mol. The predicted octanol–water partition coefficient (Wildman–Crippen LogP) is 3.27. The second kappa shape index (κ2) is 6.79. The van der Waals surface area contributed by atoms with Gasteiger partial charge in [-0.2, -0.15) is 0 Å². The zero-order valence-corrected chi connectivity index (χ0v) is 13.0. The lowest BCUT2D eigenvalue weighted by molar-refractivity contribution is 0.0951. The minimum absolute atomic E-state index is 0.111. The van der Waals surface area contributed by atoms with E-state index in [1.165, 1.54) is 12.8 Å². The summed E-state index contributed by atoms with van der Waals surface area (Å²) < 4.78 is 0. The molecule has 0 unspecified atom stereocenters. The molecule has 0 saturated carbocycles. The molecule has 1 N–H and O–H groups in total. The number of hydrogen-bond acceptors (Lipinski definition) is 3. The summed E-state index contributed by atoms with van der Waals surface area (Å²) in [5.41, 5.74) is 1.59. The summed E-state index contributed by atoms with van der Waals surface area (Å²) in [5.74, 6) is 0.908. The molecule has 2 aromatic rings. The Kier molecular flexibility index (Phi) is 4.59. The van der Waals surface area contributed by atoms with Gasteiger partial charge in [0, 0.05) is 36.4 Å². The number of rotatable bonds is 4. The van der Waals surface area contributed by atoms with Crippen LogP contribution < -0.4 is 10.2 Å². The number of hydrogen-bond donors (Lipinski definition) is 1. The maximum Gasteiger partial charge on any atom is 0.251 e. The third-order valence-corrected chi connectivity index (χ3v) is 4.05. The SMILES string of the molecule is O=C(NCc1ccc(N2CCCC2)nc1)c1ccc(Cl)cc1. The molecule has 22 heavy (non-hydrogen) atoms. The van der Waals surface area contributed by atoms with Gasteiger partial charge in [-0.3, -0.25) is 4.79 Å². The standard InChI is InChI=1S/C17H18ClN3O/c18-15-6-4-14(5-7-15)17(22)20-12-13-3-8-16(19-11-13)21-9-1-2-10-21/h3-8,11H,1-2,9-10,12H2,(H,20,22). The highest BCUT2D eigenvalue weighted by atomic mass is 35.5. The molecule has 114 valence electrons. The van der Waals surface area contributed by atoms with Gasteiger partial charge in [0.15, 0.2) is 0 Å². The van der Waals surface area contributed by atoms with Crippen molar-refractivity contribution in [3.63, 3.8) is 0 Å². The number of anilines is 1. The molecular formula is C17H18ClN3O. The van der Waals surface area contributed by atoms with E-state index < -0.39 is 0 Å². The van der Waals surface area contributed by atoms with Crippen LogP contribution in [0.1, 0.15) is 28.8 Å². The van der Waals surface area contributed by atoms with E-state index in [0.29, 0.717) is 17.1 Å². The minimum atomic E-state index is -0.111. The number of aromatic nitrogens is 1. The van der Waals surface area contributed by atoms with E-state index in [2.05, 4.69) is 15.2 Å².